The molecule has 0 bridgehead atoms. The van der Waals surface area contributed by atoms with Crippen molar-refractivity contribution in [3.8, 4) is 0 Å². The SMILES string of the molecule is CCCC/C=C\C/C=C\CCCCCCCC(=O)OC(COC(=O)CCCCCCC)COC(=O)CCCCCCCCCCCCCCCCCCC/C=C\C/C=C\CCCCCCC. The Hall–Kier alpha value is -2.63. The Labute approximate surface area is 409 Å². The maximum absolute atomic E-state index is 12.7. The molecule has 0 aromatic carbocycles. The first-order valence-corrected chi connectivity index (χ1v) is 28.6. The average molecular weight is 926 g/mol. The van der Waals surface area contributed by atoms with Crippen LogP contribution in [-0.4, -0.2) is 37.2 Å². The van der Waals surface area contributed by atoms with Crippen molar-refractivity contribution < 1.29 is 28.6 Å². The summed E-state index contributed by atoms with van der Waals surface area (Å²) in [6, 6.07) is 0. The molecule has 0 aromatic heterocycles. The van der Waals surface area contributed by atoms with Gasteiger partial charge in [0.25, 0.3) is 0 Å². The van der Waals surface area contributed by atoms with Crippen LogP contribution in [0, 0.1) is 0 Å². The molecule has 0 saturated heterocycles. The topological polar surface area (TPSA) is 78.9 Å². The van der Waals surface area contributed by atoms with E-state index in [-0.39, 0.29) is 31.1 Å². The molecule has 6 nitrogen and oxygen atoms in total. The minimum atomic E-state index is -0.774. The van der Waals surface area contributed by atoms with Gasteiger partial charge in [-0.2, -0.15) is 0 Å². The number of hydrogen-bond donors (Lipinski definition) is 0. The Balaban J connectivity index is 3.97. The van der Waals surface area contributed by atoms with Crippen molar-refractivity contribution in [2.75, 3.05) is 13.2 Å². The molecule has 0 spiro atoms. The van der Waals surface area contributed by atoms with E-state index in [1.807, 2.05) is 0 Å². The van der Waals surface area contributed by atoms with Gasteiger partial charge >= 0.3 is 17.9 Å². The Morgan fingerprint density at radius 3 is 0.879 bits per heavy atom. The van der Waals surface area contributed by atoms with Crippen molar-refractivity contribution in [2.45, 2.75) is 303 Å². The molecule has 0 amide bonds. The minimum absolute atomic E-state index is 0.0767. The lowest BCUT2D eigenvalue weighted by atomic mass is 10.0. The molecule has 1 atom stereocenters. The molecule has 0 heterocycles. The summed E-state index contributed by atoms with van der Waals surface area (Å²) in [4.78, 5) is 37.7. The summed E-state index contributed by atoms with van der Waals surface area (Å²) >= 11 is 0. The number of carbonyl (C=O) groups is 3. The van der Waals surface area contributed by atoms with Crippen LogP contribution in [0.5, 0.6) is 0 Å². The van der Waals surface area contributed by atoms with Gasteiger partial charge in [-0.05, 0) is 77.0 Å². The van der Waals surface area contributed by atoms with Crippen molar-refractivity contribution in [1.82, 2.24) is 0 Å². The van der Waals surface area contributed by atoms with E-state index >= 15 is 0 Å². The fourth-order valence-corrected chi connectivity index (χ4v) is 8.20. The van der Waals surface area contributed by atoms with Crippen molar-refractivity contribution in [3.63, 3.8) is 0 Å². The van der Waals surface area contributed by atoms with Crippen molar-refractivity contribution in [2.24, 2.45) is 0 Å². The standard InChI is InChI=1S/C60H108O6/c1-4-7-10-13-15-17-19-21-23-24-25-26-27-28-29-30-31-32-33-34-35-36-37-39-40-42-44-47-50-53-59(62)65-56-57(55-64-58(61)52-49-46-12-9-6-3)66-60(63)54-51-48-45-43-41-38-22-20-18-16-14-11-8-5-2/h14,16,19-22,24-25,57H,4-13,15,17-18,23,26-56H2,1-3H3/b16-14-,21-19-,22-20-,25-24-. The summed E-state index contributed by atoms with van der Waals surface area (Å²) < 4.78 is 16.7. The number of rotatable bonds is 52. The quantitative estimate of drug-likeness (QED) is 0.0262. The van der Waals surface area contributed by atoms with E-state index in [0.717, 1.165) is 96.3 Å². The van der Waals surface area contributed by atoms with Crippen LogP contribution in [0.2, 0.25) is 0 Å². The van der Waals surface area contributed by atoms with Crippen molar-refractivity contribution in [3.05, 3.63) is 48.6 Å². The summed E-state index contributed by atoms with van der Waals surface area (Å²) in [5, 5.41) is 0. The third-order valence-electron chi connectivity index (χ3n) is 12.6. The molecule has 66 heavy (non-hydrogen) atoms. The van der Waals surface area contributed by atoms with Gasteiger partial charge in [0.1, 0.15) is 13.2 Å². The smallest absolute Gasteiger partial charge is 0.306 e. The highest BCUT2D eigenvalue weighted by molar-refractivity contribution is 5.71. The Bertz CT molecular complexity index is 1150. The zero-order valence-corrected chi connectivity index (χ0v) is 44.0. The van der Waals surface area contributed by atoms with E-state index in [9.17, 15) is 14.4 Å². The minimum Gasteiger partial charge on any atom is -0.462 e. The Morgan fingerprint density at radius 1 is 0.303 bits per heavy atom. The lowest BCUT2D eigenvalue weighted by Crippen LogP contribution is -2.30. The van der Waals surface area contributed by atoms with Crippen LogP contribution < -0.4 is 0 Å². The highest BCUT2D eigenvalue weighted by Gasteiger charge is 2.19. The number of unbranched alkanes of at least 4 members (excludes halogenated alkanes) is 33. The zero-order valence-electron chi connectivity index (χ0n) is 44.0. The fraction of sp³-hybridized carbons (Fsp3) is 0.817. The molecular formula is C60H108O6. The van der Waals surface area contributed by atoms with Crippen molar-refractivity contribution >= 4 is 17.9 Å². The van der Waals surface area contributed by atoms with Gasteiger partial charge in [-0.1, -0.05) is 249 Å². The molecule has 0 rings (SSSR count). The number of esters is 3. The zero-order chi connectivity index (χ0) is 47.9. The Kier molecular flexibility index (Phi) is 52.8. The maximum Gasteiger partial charge on any atom is 0.306 e. The molecule has 0 aliphatic carbocycles. The van der Waals surface area contributed by atoms with E-state index in [4.69, 9.17) is 14.2 Å². The predicted molar refractivity (Wildman–Crippen MR) is 284 cm³/mol. The van der Waals surface area contributed by atoms with Crippen molar-refractivity contribution in [1.29, 1.82) is 0 Å². The molecule has 0 aliphatic rings. The van der Waals surface area contributed by atoms with Crippen LogP contribution >= 0.6 is 0 Å². The van der Waals surface area contributed by atoms with Gasteiger partial charge in [-0.15, -0.1) is 0 Å². The summed E-state index contributed by atoms with van der Waals surface area (Å²) in [6.07, 6.45) is 67.3. The number of carbonyl (C=O) groups excluding carboxylic acids is 3. The van der Waals surface area contributed by atoms with Gasteiger partial charge < -0.3 is 14.2 Å². The molecule has 6 heteroatoms. The van der Waals surface area contributed by atoms with Gasteiger partial charge in [0.05, 0.1) is 0 Å². The first-order chi connectivity index (χ1) is 32.5. The summed E-state index contributed by atoms with van der Waals surface area (Å²) in [7, 11) is 0. The normalized spacial score (nSPS) is 12.3. The first-order valence-electron chi connectivity index (χ1n) is 28.6. The van der Waals surface area contributed by atoms with E-state index in [1.165, 1.54) is 161 Å². The molecule has 0 aromatic rings. The van der Waals surface area contributed by atoms with Crippen LogP contribution in [0.3, 0.4) is 0 Å². The van der Waals surface area contributed by atoms with Gasteiger partial charge in [0.2, 0.25) is 0 Å². The van der Waals surface area contributed by atoms with Crippen LogP contribution in [0.15, 0.2) is 48.6 Å². The predicted octanol–water partition coefficient (Wildman–Crippen LogP) is 19.0. The molecule has 0 aliphatic heterocycles. The van der Waals surface area contributed by atoms with Gasteiger partial charge in [-0.3, -0.25) is 14.4 Å². The fourth-order valence-electron chi connectivity index (χ4n) is 8.20. The molecular weight excluding hydrogens is 817 g/mol. The van der Waals surface area contributed by atoms with E-state index < -0.39 is 6.10 Å². The highest BCUT2D eigenvalue weighted by Crippen LogP contribution is 2.16. The van der Waals surface area contributed by atoms with E-state index in [1.54, 1.807) is 0 Å². The van der Waals surface area contributed by atoms with Gasteiger partial charge in [0.15, 0.2) is 6.10 Å². The Morgan fingerprint density at radius 2 is 0.561 bits per heavy atom. The average Bonchev–Trinajstić information content (AvgIpc) is 3.31. The summed E-state index contributed by atoms with van der Waals surface area (Å²) in [5.74, 6) is -0.896. The van der Waals surface area contributed by atoms with E-state index in [2.05, 4.69) is 69.4 Å². The summed E-state index contributed by atoms with van der Waals surface area (Å²) in [6.45, 7) is 6.51. The largest absolute Gasteiger partial charge is 0.462 e. The second kappa shape index (κ2) is 55.0. The third kappa shape index (κ3) is 52.3. The van der Waals surface area contributed by atoms with Gasteiger partial charge in [-0.25, -0.2) is 0 Å². The molecule has 0 N–H and O–H groups in total. The number of allylic oxidation sites excluding steroid dienone is 8. The monoisotopic (exact) mass is 925 g/mol. The molecule has 0 saturated carbocycles. The van der Waals surface area contributed by atoms with Gasteiger partial charge in [0, 0.05) is 19.3 Å². The second-order valence-corrected chi connectivity index (χ2v) is 19.2. The maximum atomic E-state index is 12.7. The second-order valence-electron chi connectivity index (χ2n) is 19.2. The molecule has 0 fully saturated rings. The lowest BCUT2D eigenvalue weighted by Gasteiger charge is -2.18. The van der Waals surface area contributed by atoms with Crippen LogP contribution in [0.25, 0.3) is 0 Å². The first kappa shape index (κ1) is 63.4. The molecule has 1 unspecified atom stereocenters. The summed E-state index contributed by atoms with van der Waals surface area (Å²) in [5.41, 5.74) is 0. The molecule has 0 radical (unpaired) electrons. The van der Waals surface area contributed by atoms with Crippen LogP contribution in [-0.2, 0) is 28.6 Å². The van der Waals surface area contributed by atoms with E-state index in [0.29, 0.717) is 19.3 Å². The number of ether oxygens (including phenoxy) is 3. The van der Waals surface area contributed by atoms with Crippen LogP contribution in [0.4, 0.5) is 0 Å². The lowest BCUT2D eigenvalue weighted by molar-refractivity contribution is -0.167. The highest BCUT2D eigenvalue weighted by atomic mass is 16.6. The van der Waals surface area contributed by atoms with Crippen LogP contribution in [0.1, 0.15) is 297 Å². The molecule has 384 valence electrons. The number of hydrogen-bond acceptors (Lipinski definition) is 6. The third-order valence-corrected chi connectivity index (χ3v) is 12.6.